The second kappa shape index (κ2) is 14.9. The van der Waals surface area contributed by atoms with Crippen molar-refractivity contribution in [2.45, 2.75) is 50.6 Å². The van der Waals surface area contributed by atoms with Crippen LogP contribution in [-0.2, 0) is 40.5 Å². The Morgan fingerprint density at radius 1 is 0.550 bits per heavy atom. The van der Waals surface area contributed by atoms with Crippen molar-refractivity contribution in [1.29, 1.82) is 0 Å². The molecule has 40 heavy (non-hydrogen) atoms. The number of nitrogens with zero attached hydrogens (tertiary/aromatic N) is 1. The van der Waals surface area contributed by atoms with Crippen molar-refractivity contribution in [3.63, 3.8) is 0 Å². The van der Waals surface area contributed by atoms with E-state index in [2.05, 4.69) is 29.2 Å². The lowest BCUT2D eigenvalue weighted by atomic mass is 9.93. The molecule has 1 aliphatic rings. The van der Waals surface area contributed by atoms with Crippen molar-refractivity contribution < 1.29 is 18.6 Å². The minimum Gasteiger partial charge on any atom is -0.369 e. The van der Waals surface area contributed by atoms with Crippen LogP contribution in [0.5, 0.6) is 0 Å². The van der Waals surface area contributed by atoms with Gasteiger partial charge in [0.25, 0.3) is 0 Å². The van der Waals surface area contributed by atoms with Crippen molar-refractivity contribution in [2.75, 3.05) is 19.8 Å². The fourth-order valence-corrected chi connectivity index (χ4v) is 5.34. The van der Waals surface area contributed by atoms with Gasteiger partial charge in [0.15, 0.2) is 0 Å². The lowest BCUT2D eigenvalue weighted by Gasteiger charge is -2.47. The van der Waals surface area contributed by atoms with Crippen molar-refractivity contribution in [1.82, 2.24) is 4.90 Å². The Labute approximate surface area is 237 Å². The number of ether oxygens (including phenoxy) is 3. The molecule has 1 saturated heterocycles. The first-order valence-corrected chi connectivity index (χ1v) is 14.1. The third kappa shape index (κ3) is 7.86. The third-order valence-electron chi connectivity index (χ3n) is 7.52. The number of hydrogen-bond acceptors (Lipinski definition) is 4. The molecule has 0 saturated carbocycles. The second-order valence-electron chi connectivity index (χ2n) is 10.3. The Hall–Kier alpha value is -3.35. The highest BCUT2D eigenvalue weighted by Gasteiger charge is 2.46. The van der Waals surface area contributed by atoms with Gasteiger partial charge >= 0.3 is 0 Å². The molecule has 1 heterocycles. The molecule has 4 atom stereocenters. The van der Waals surface area contributed by atoms with Crippen molar-refractivity contribution in [2.24, 2.45) is 0 Å². The van der Waals surface area contributed by atoms with E-state index in [-0.39, 0.29) is 6.10 Å². The van der Waals surface area contributed by atoms with Gasteiger partial charge in [-0.15, -0.1) is 0 Å². The Bertz CT molecular complexity index is 1240. The molecule has 4 aromatic rings. The Balaban J connectivity index is 1.40. The highest BCUT2D eigenvalue weighted by atomic mass is 19.1. The van der Waals surface area contributed by atoms with Gasteiger partial charge in [0.2, 0.25) is 0 Å². The van der Waals surface area contributed by atoms with E-state index in [9.17, 15) is 4.39 Å². The quantitative estimate of drug-likeness (QED) is 0.191. The van der Waals surface area contributed by atoms with E-state index in [1.54, 1.807) is 0 Å². The number of hydrogen-bond donors (Lipinski definition) is 0. The van der Waals surface area contributed by atoms with Gasteiger partial charge in [0.05, 0.1) is 32.0 Å². The molecule has 0 spiro atoms. The van der Waals surface area contributed by atoms with Crippen molar-refractivity contribution in [3.8, 4) is 0 Å². The summed E-state index contributed by atoms with van der Waals surface area (Å²) in [5.74, 6) is 0. The zero-order valence-electron chi connectivity index (χ0n) is 22.9. The average Bonchev–Trinajstić information content (AvgIpc) is 3.02. The molecule has 5 heteroatoms. The van der Waals surface area contributed by atoms with Crippen molar-refractivity contribution in [3.05, 3.63) is 144 Å². The number of likely N-dealkylation sites (tertiary alicyclic amines) is 1. The topological polar surface area (TPSA) is 30.9 Å². The summed E-state index contributed by atoms with van der Waals surface area (Å²) < 4.78 is 34.6. The molecule has 1 aliphatic heterocycles. The van der Waals surface area contributed by atoms with Crippen LogP contribution in [0.2, 0.25) is 0 Å². The number of piperidine rings is 1. The average molecular weight is 540 g/mol. The van der Waals surface area contributed by atoms with Gasteiger partial charge in [0, 0.05) is 13.1 Å². The standard InChI is InChI=1S/C35H38FNO3/c36-23-32-34(39-26-30-17-9-3-10-18-30)35(40-27-31-19-11-4-12-20-31)33(38-25-29-15-7-2-8-16-29)24-37(32)22-21-28-13-5-1-6-14-28/h1-20,32-35H,21-27H2/t32-,33+,34-,35-/m1/s1. The molecular formula is C35H38FNO3. The first-order valence-electron chi connectivity index (χ1n) is 14.1. The van der Waals surface area contributed by atoms with Crippen LogP contribution >= 0.6 is 0 Å². The van der Waals surface area contributed by atoms with Gasteiger partial charge in [-0.1, -0.05) is 121 Å². The number of benzene rings is 4. The summed E-state index contributed by atoms with van der Waals surface area (Å²) in [5.41, 5.74) is 4.43. The molecule has 0 aromatic heterocycles. The zero-order chi connectivity index (χ0) is 27.4. The second-order valence-corrected chi connectivity index (χ2v) is 10.3. The minimum atomic E-state index is -0.523. The smallest absolute Gasteiger partial charge is 0.113 e. The Kier molecular flexibility index (Phi) is 10.5. The van der Waals surface area contributed by atoms with E-state index < -0.39 is 24.9 Å². The normalized spacial score (nSPS) is 21.3. The SMILES string of the molecule is FC[C@@H]1[C@@H](OCc2ccccc2)[C@H](OCc2ccccc2)[C@@H](OCc2ccccc2)CN1CCc1ccccc1. The summed E-state index contributed by atoms with van der Waals surface area (Å²) in [4.78, 5) is 2.20. The van der Waals surface area contributed by atoms with Gasteiger partial charge in [0.1, 0.15) is 18.9 Å². The molecule has 0 N–H and O–H groups in total. The summed E-state index contributed by atoms with van der Waals surface area (Å²) in [5, 5.41) is 0. The van der Waals surface area contributed by atoms with Crippen LogP contribution in [0.15, 0.2) is 121 Å². The highest BCUT2D eigenvalue weighted by molar-refractivity contribution is 5.17. The minimum absolute atomic E-state index is 0.289. The first kappa shape index (κ1) is 28.2. The number of alkyl halides is 1. The van der Waals surface area contributed by atoms with Crippen LogP contribution in [0.1, 0.15) is 22.3 Å². The van der Waals surface area contributed by atoms with Crippen LogP contribution in [0.4, 0.5) is 4.39 Å². The molecular weight excluding hydrogens is 501 g/mol. The van der Waals surface area contributed by atoms with Crippen LogP contribution in [0, 0.1) is 0 Å². The first-order chi connectivity index (χ1) is 19.8. The number of halogens is 1. The summed E-state index contributed by atoms with van der Waals surface area (Å²) in [6.07, 6.45) is -0.396. The molecule has 0 radical (unpaired) electrons. The van der Waals surface area contributed by atoms with E-state index in [1.165, 1.54) is 5.56 Å². The number of rotatable bonds is 13. The lowest BCUT2D eigenvalue weighted by Crippen LogP contribution is -2.64. The third-order valence-corrected chi connectivity index (χ3v) is 7.52. The predicted molar refractivity (Wildman–Crippen MR) is 157 cm³/mol. The van der Waals surface area contributed by atoms with Gasteiger partial charge in [-0.25, -0.2) is 4.39 Å². The molecule has 0 aliphatic carbocycles. The van der Waals surface area contributed by atoms with E-state index in [0.717, 1.165) is 23.1 Å². The molecule has 0 bridgehead atoms. The van der Waals surface area contributed by atoms with Gasteiger partial charge in [-0.3, -0.25) is 4.90 Å². The molecule has 0 amide bonds. The van der Waals surface area contributed by atoms with Crippen LogP contribution in [0.3, 0.4) is 0 Å². The fraction of sp³-hybridized carbons (Fsp3) is 0.314. The Morgan fingerprint density at radius 3 is 1.45 bits per heavy atom. The highest BCUT2D eigenvalue weighted by Crippen LogP contribution is 2.29. The monoisotopic (exact) mass is 539 g/mol. The largest absolute Gasteiger partial charge is 0.369 e. The van der Waals surface area contributed by atoms with E-state index in [1.807, 2.05) is 97.1 Å². The van der Waals surface area contributed by atoms with E-state index >= 15 is 0 Å². The summed E-state index contributed by atoms with van der Waals surface area (Å²) in [7, 11) is 0. The molecule has 208 valence electrons. The lowest BCUT2D eigenvalue weighted by molar-refractivity contribution is -0.205. The van der Waals surface area contributed by atoms with Gasteiger partial charge in [-0.2, -0.15) is 0 Å². The fourth-order valence-electron chi connectivity index (χ4n) is 5.34. The van der Waals surface area contributed by atoms with Crippen LogP contribution in [-0.4, -0.2) is 49.0 Å². The summed E-state index contributed by atoms with van der Waals surface area (Å²) in [6.45, 7) is 2.00. The van der Waals surface area contributed by atoms with E-state index in [4.69, 9.17) is 14.2 Å². The predicted octanol–water partition coefficient (Wildman–Crippen LogP) is 6.64. The van der Waals surface area contributed by atoms with Gasteiger partial charge < -0.3 is 14.2 Å². The Morgan fingerprint density at radius 2 is 0.975 bits per heavy atom. The maximum atomic E-state index is 14.9. The maximum absolute atomic E-state index is 14.9. The summed E-state index contributed by atoms with van der Waals surface area (Å²) >= 11 is 0. The van der Waals surface area contributed by atoms with Crippen LogP contribution in [0.25, 0.3) is 0 Å². The molecule has 4 aromatic carbocycles. The molecule has 0 unspecified atom stereocenters. The maximum Gasteiger partial charge on any atom is 0.113 e. The van der Waals surface area contributed by atoms with Crippen molar-refractivity contribution >= 4 is 0 Å². The van der Waals surface area contributed by atoms with E-state index in [0.29, 0.717) is 32.9 Å². The molecule has 5 rings (SSSR count). The molecule has 4 nitrogen and oxygen atoms in total. The van der Waals surface area contributed by atoms with Crippen LogP contribution < -0.4 is 0 Å². The zero-order valence-corrected chi connectivity index (χ0v) is 22.9. The molecule has 1 fully saturated rings. The summed E-state index contributed by atoms with van der Waals surface area (Å²) in [6, 6.07) is 40.2. The van der Waals surface area contributed by atoms with Gasteiger partial charge in [-0.05, 0) is 28.7 Å².